The van der Waals surface area contributed by atoms with Gasteiger partial charge in [-0.1, -0.05) is 12.8 Å². The molecule has 0 radical (unpaired) electrons. The topological polar surface area (TPSA) is 29.2 Å². The predicted octanol–water partition coefficient (Wildman–Crippen LogP) is 4.53. The number of benzene rings is 1. The Bertz CT molecular complexity index is 862. The number of nitrogens with zero attached hydrogens (tertiary/aromatic N) is 5. The molecule has 0 aliphatic heterocycles. The number of rotatable bonds is 7. The van der Waals surface area contributed by atoms with Gasteiger partial charge in [0, 0.05) is 17.8 Å². The van der Waals surface area contributed by atoms with Crippen molar-refractivity contribution in [3.63, 3.8) is 0 Å². The molecule has 2 fully saturated rings. The second-order valence-electron chi connectivity index (χ2n) is 8.42. The first-order valence-electron chi connectivity index (χ1n) is 10.3. The van der Waals surface area contributed by atoms with Crippen LogP contribution < -0.4 is 0 Å². The maximum atomic E-state index is 13.5. The average Bonchev–Trinajstić information content (AvgIpc) is 3.27. The standard InChI is InChI=1S/C21H30FN5S/c1-15(24(2)3)20-23-26(14-25(18-12-13-18)17-6-4-5-7-17)21(28)27(20)19-10-8-16(22)9-11-19/h8-11,15,17-18H,4-7,12-14H2,1-3H3. The van der Waals surface area contributed by atoms with E-state index in [1.807, 2.05) is 23.3 Å². The fourth-order valence-electron chi connectivity index (χ4n) is 4.18. The summed E-state index contributed by atoms with van der Waals surface area (Å²) in [6.07, 6.45) is 7.78. The monoisotopic (exact) mass is 403 g/mol. The van der Waals surface area contributed by atoms with E-state index < -0.39 is 0 Å². The summed E-state index contributed by atoms with van der Waals surface area (Å²) in [7, 11) is 4.08. The molecule has 1 aromatic carbocycles. The summed E-state index contributed by atoms with van der Waals surface area (Å²) >= 11 is 5.86. The van der Waals surface area contributed by atoms with Crippen LogP contribution >= 0.6 is 12.2 Å². The van der Waals surface area contributed by atoms with Gasteiger partial charge >= 0.3 is 0 Å². The van der Waals surface area contributed by atoms with Crippen LogP contribution in [0.2, 0.25) is 0 Å². The summed E-state index contributed by atoms with van der Waals surface area (Å²) in [5.41, 5.74) is 0.861. The highest BCUT2D eigenvalue weighted by molar-refractivity contribution is 7.71. The van der Waals surface area contributed by atoms with E-state index in [9.17, 15) is 4.39 Å². The van der Waals surface area contributed by atoms with E-state index in [4.69, 9.17) is 17.3 Å². The third-order valence-corrected chi connectivity index (χ3v) is 6.60. The van der Waals surface area contributed by atoms with E-state index in [1.54, 1.807) is 12.1 Å². The van der Waals surface area contributed by atoms with Gasteiger partial charge in [0.05, 0.1) is 12.7 Å². The minimum absolute atomic E-state index is 0.0915. The van der Waals surface area contributed by atoms with Crippen LogP contribution in [0.15, 0.2) is 24.3 Å². The van der Waals surface area contributed by atoms with Gasteiger partial charge in [-0.25, -0.2) is 9.07 Å². The van der Waals surface area contributed by atoms with Gasteiger partial charge in [-0.2, -0.15) is 5.10 Å². The molecule has 2 aliphatic carbocycles. The molecule has 28 heavy (non-hydrogen) atoms. The molecule has 1 atom stereocenters. The first-order valence-corrected chi connectivity index (χ1v) is 10.7. The van der Waals surface area contributed by atoms with E-state index in [2.05, 4.69) is 16.7 Å². The SMILES string of the molecule is CC(c1nn(CN(C2CCCC2)C2CC2)c(=S)n1-c1ccc(F)cc1)N(C)C. The Morgan fingerprint density at radius 3 is 2.29 bits per heavy atom. The zero-order valence-electron chi connectivity index (χ0n) is 17.0. The number of aromatic nitrogens is 3. The fourth-order valence-corrected chi connectivity index (χ4v) is 4.47. The van der Waals surface area contributed by atoms with E-state index in [-0.39, 0.29) is 11.9 Å². The van der Waals surface area contributed by atoms with Gasteiger partial charge in [0.15, 0.2) is 5.82 Å². The zero-order valence-corrected chi connectivity index (χ0v) is 17.8. The van der Waals surface area contributed by atoms with Crippen LogP contribution in [-0.2, 0) is 6.67 Å². The lowest BCUT2D eigenvalue weighted by Crippen LogP contribution is -2.37. The van der Waals surface area contributed by atoms with E-state index in [1.165, 1.54) is 50.7 Å². The highest BCUT2D eigenvalue weighted by Gasteiger charge is 2.36. The highest BCUT2D eigenvalue weighted by atomic mass is 32.1. The van der Waals surface area contributed by atoms with Gasteiger partial charge < -0.3 is 0 Å². The van der Waals surface area contributed by atoms with Crippen molar-refractivity contribution in [1.29, 1.82) is 0 Å². The van der Waals surface area contributed by atoms with Crippen LogP contribution in [0.3, 0.4) is 0 Å². The third kappa shape index (κ3) is 3.93. The van der Waals surface area contributed by atoms with Crippen LogP contribution in [0.25, 0.3) is 5.69 Å². The molecular weight excluding hydrogens is 373 g/mol. The zero-order chi connectivity index (χ0) is 19.8. The van der Waals surface area contributed by atoms with Gasteiger partial charge in [0.1, 0.15) is 5.82 Å². The summed E-state index contributed by atoms with van der Waals surface area (Å²) < 4.78 is 18.1. The van der Waals surface area contributed by atoms with Crippen molar-refractivity contribution in [1.82, 2.24) is 24.1 Å². The molecule has 4 rings (SSSR count). The Balaban J connectivity index is 1.72. The lowest BCUT2D eigenvalue weighted by molar-refractivity contribution is 0.133. The van der Waals surface area contributed by atoms with Crippen molar-refractivity contribution >= 4 is 12.2 Å². The van der Waals surface area contributed by atoms with Crippen LogP contribution in [0.1, 0.15) is 57.3 Å². The minimum Gasteiger partial charge on any atom is -0.300 e. The van der Waals surface area contributed by atoms with Gasteiger partial charge in [-0.3, -0.25) is 14.4 Å². The third-order valence-electron chi connectivity index (χ3n) is 6.20. The quantitative estimate of drug-likeness (QED) is 0.635. The van der Waals surface area contributed by atoms with E-state index in [0.29, 0.717) is 16.9 Å². The van der Waals surface area contributed by atoms with Crippen LogP contribution in [0.4, 0.5) is 4.39 Å². The van der Waals surface area contributed by atoms with Crippen LogP contribution in [0.5, 0.6) is 0 Å². The molecule has 1 unspecified atom stereocenters. The molecule has 1 aromatic heterocycles. The highest BCUT2D eigenvalue weighted by Crippen LogP contribution is 2.35. The van der Waals surface area contributed by atoms with Gasteiger partial charge in [0.25, 0.3) is 0 Å². The van der Waals surface area contributed by atoms with Gasteiger partial charge in [-0.05, 0) is 83.2 Å². The lowest BCUT2D eigenvalue weighted by atomic mass is 10.2. The molecule has 1 heterocycles. The Morgan fingerprint density at radius 1 is 1.11 bits per heavy atom. The lowest BCUT2D eigenvalue weighted by Gasteiger charge is -2.28. The van der Waals surface area contributed by atoms with Crippen molar-refractivity contribution < 1.29 is 4.39 Å². The minimum atomic E-state index is -0.244. The van der Waals surface area contributed by atoms with Crippen molar-refractivity contribution in [3.05, 3.63) is 40.7 Å². The molecule has 2 saturated carbocycles. The normalized spacial score (nSPS) is 19.1. The molecule has 2 aliphatic rings. The fraction of sp³-hybridized carbons (Fsp3) is 0.619. The maximum Gasteiger partial charge on any atom is 0.203 e. The predicted molar refractivity (Wildman–Crippen MR) is 112 cm³/mol. The van der Waals surface area contributed by atoms with Crippen molar-refractivity contribution in [2.24, 2.45) is 0 Å². The van der Waals surface area contributed by atoms with E-state index >= 15 is 0 Å². The molecule has 0 N–H and O–H groups in total. The Labute approximate surface area is 171 Å². The Morgan fingerprint density at radius 2 is 1.71 bits per heavy atom. The van der Waals surface area contributed by atoms with Crippen LogP contribution in [0, 0.1) is 10.6 Å². The largest absolute Gasteiger partial charge is 0.300 e. The average molecular weight is 404 g/mol. The molecule has 152 valence electrons. The molecule has 5 nitrogen and oxygen atoms in total. The Hall–Kier alpha value is -1.57. The Kier molecular flexibility index (Phi) is 5.67. The molecule has 0 amide bonds. The first kappa shape index (κ1) is 19.7. The number of hydrogen-bond acceptors (Lipinski definition) is 4. The molecular formula is C21H30FN5S. The van der Waals surface area contributed by atoms with Gasteiger partial charge in [0.2, 0.25) is 4.77 Å². The summed E-state index contributed by atoms with van der Waals surface area (Å²) in [5, 5.41) is 4.95. The number of hydrogen-bond donors (Lipinski definition) is 0. The molecule has 2 aromatic rings. The number of halogens is 1. The second kappa shape index (κ2) is 8.05. The second-order valence-corrected chi connectivity index (χ2v) is 8.78. The van der Waals surface area contributed by atoms with Crippen molar-refractivity contribution in [2.45, 2.75) is 70.2 Å². The molecule has 0 spiro atoms. The van der Waals surface area contributed by atoms with Crippen molar-refractivity contribution in [2.75, 3.05) is 14.1 Å². The smallest absolute Gasteiger partial charge is 0.203 e. The summed E-state index contributed by atoms with van der Waals surface area (Å²) in [6, 6.07) is 7.93. The molecule has 0 saturated heterocycles. The van der Waals surface area contributed by atoms with E-state index in [0.717, 1.165) is 18.2 Å². The first-order chi connectivity index (χ1) is 13.5. The molecule has 0 bridgehead atoms. The molecule has 7 heteroatoms. The van der Waals surface area contributed by atoms with Crippen molar-refractivity contribution in [3.8, 4) is 5.69 Å². The van der Waals surface area contributed by atoms with Gasteiger partial charge in [-0.15, -0.1) is 0 Å². The maximum absolute atomic E-state index is 13.5. The summed E-state index contributed by atoms with van der Waals surface area (Å²) in [6.45, 7) is 2.87. The summed E-state index contributed by atoms with van der Waals surface area (Å²) in [5.74, 6) is 0.648. The summed E-state index contributed by atoms with van der Waals surface area (Å²) in [4.78, 5) is 4.74. The van der Waals surface area contributed by atoms with Crippen LogP contribution in [-0.4, -0.2) is 50.3 Å².